The summed E-state index contributed by atoms with van der Waals surface area (Å²) in [5.41, 5.74) is 0. The molecule has 7 heteroatoms. The van der Waals surface area contributed by atoms with E-state index < -0.39 is 12.0 Å². The normalized spacial score (nSPS) is 21.1. The Hall–Kier alpha value is -0.790. The summed E-state index contributed by atoms with van der Waals surface area (Å²) in [5, 5.41) is 10.3. The van der Waals surface area contributed by atoms with E-state index in [9.17, 15) is 9.59 Å². The van der Waals surface area contributed by atoms with Crippen LogP contribution in [0.5, 0.6) is 0 Å². The van der Waals surface area contributed by atoms with Gasteiger partial charge < -0.3 is 21.4 Å². The Balaban J connectivity index is 0. The second-order valence-electron chi connectivity index (χ2n) is 1.63. The van der Waals surface area contributed by atoms with Crippen LogP contribution in [0.2, 0.25) is 0 Å². The maximum absolute atomic E-state index is 10.3. The fourth-order valence-electron chi connectivity index (χ4n) is 0.518. The first-order valence-electron chi connectivity index (χ1n) is 2.36. The lowest BCUT2D eigenvalue weighted by Crippen LogP contribution is -2.33. The van der Waals surface area contributed by atoms with E-state index in [1.807, 2.05) is 0 Å². The Labute approximate surface area is 66.6 Å². The molecule has 1 saturated heterocycles. The predicted octanol–water partition coefficient (Wildman–Crippen LogP) is -1.75. The largest absolute Gasteiger partial charge is 0.480 e. The Bertz CT molecular complexity index is 161. The smallest absolute Gasteiger partial charge is 0.327 e. The molecule has 0 radical (unpaired) electrons. The summed E-state index contributed by atoms with van der Waals surface area (Å²) in [6, 6.07) is -0.678. The quantitative estimate of drug-likeness (QED) is 0.499. The van der Waals surface area contributed by atoms with Gasteiger partial charge in [-0.25, -0.2) is 4.79 Å². The minimum Gasteiger partial charge on any atom is -0.480 e. The number of carbonyl (C=O) groups is 2. The van der Waals surface area contributed by atoms with E-state index >= 15 is 0 Å². The Morgan fingerprint density at radius 2 is 2.18 bits per heavy atom. The van der Waals surface area contributed by atoms with Gasteiger partial charge in [-0.15, -0.1) is 0 Å². The maximum Gasteiger partial charge on any atom is 0.327 e. The molecule has 6 nitrogen and oxygen atoms in total. The monoisotopic (exact) mass is 183 g/mol. The molecular formula is C4H9NO5S. The van der Waals surface area contributed by atoms with Crippen LogP contribution >= 0.6 is 11.8 Å². The minimum absolute atomic E-state index is 0. The highest BCUT2D eigenvalue weighted by Crippen LogP contribution is 2.12. The van der Waals surface area contributed by atoms with Crippen LogP contribution < -0.4 is 5.32 Å². The average Bonchev–Trinajstić information content (AvgIpc) is 2.14. The highest BCUT2D eigenvalue weighted by Gasteiger charge is 2.27. The Kier molecular flexibility index (Phi) is 5.77. The zero-order valence-electron chi connectivity index (χ0n) is 5.46. The molecule has 0 aromatic heterocycles. The summed E-state index contributed by atoms with van der Waals surface area (Å²) in [6.07, 6.45) is 0. The van der Waals surface area contributed by atoms with Crippen molar-refractivity contribution in [1.29, 1.82) is 0 Å². The first-order valence-corrected chi connectivity index (χ1v) is 3.35. The summed E-state index contributed by atoms with van der Waals surface area (Å²) in [5.74, 6) is -0.623. The van der Waals surface area contributed by atoms with Crippen molar-refractivity contribution in [1.82, 2.24) is 5.32 Å². The van der Waals surface area contributed by atoms with Gasteiger partial charge in [-0.3, -0.25) is 4.79 Å². The zero-order chi connectivity index (χ0) is 6.85. The highest BCUT2D eigenvalue weighted by atomic mass is 32.2. The lowest BCUT2D eigenvalue weighted by molar-refractivity contribution is -0.138. The minimum atomic E-state index is -0.964. The van der Waals surface area contributed by atoms with E-state index in [1.54, 1.807) is 0 Å². The van der Waals surface area contributed by atoms with Crippen LogP contribution in [-0.4, -0.2) is 39.1 Å². The number of hydrogen-bond donors (Lipinski definition) is 2. The number of amides is 1. The van der Waals surface area contributed by atoms with Gasteiger partial charge in [0.25, 0.3) is 5.24 Å². The van der Waals surface area contributed by atoms with Gasteiger partial charge in [0, 0.05) is 5.75 Å². The summed E-state index contributed by atoms with van der Waals surface area (Å²) < 4.78 is 0. The van der Waals surface area contributed by atoms with E-state index in [2.05, 4.69) is 5.32 Å². The van der Waals surface area contributed by atoms with Crippen molar-refractivity contribution in [2.24, 2.45) is 0 Å². The Morgan fingerprint density at radius 3 is 2.36 bits per heavy atom. The molecule has 1 aliphatic heterocycles. The number of nitrogens with one attached hydrogen (secondary N) is 1. The number of aliphatic carboxylic acids is 1. The molecule has 1 aliphatic rings. The molecule has 1 rings (SSSR count). The molecule has 0 aliphatic carbocycles. The molecule has 0 aromatic carbocycles. The van der Waals surface area contributed by atoms with Crippen LogP contribution in [0.25, 0.3) is 0 Å². The molecule has 1 fully saturated rings. The van der Waals surface area contributed by atoms with Crippen molar-refractivity contribution in [3.63, 3.8) is 0 Å². The summed E-state index contributed by atoms with van der Waals surface area (Å²) in [6.45, 7) is 0. The van der Waals surface area contributed by atoms with E-state index in [0.717, 1.165) is 11.8 Å². The summed E-state index contributed by atoms with van der Waals surface area (Å²) in [4.78, 5) is 20.5. The van der Waals surface area contributed by atoms with E-state index in [0.29, 0.717) is 5.75 Å². The van der Waals surface area contributed by atoms with E-state index in [-0.39, 0.29) is 16.2 Å². The van der Waals surface area contributed by atoms with Gasteiger partial charge >= 0.3 is 5.97 Å². The third-order valence-electron chi connectivity index (χ3n) is 0.971. The highest BCUT2D eigenvalue weighted by molar-refractivity contribution is 8.14. The molecule has 0 unspecified atom stereocenters. The molecule has 0 bridgehead atoms. The molecule has 11 heavy (non-hydrogen) atoms. The zero-order valence-corrected chi connectivity index (χ0v) is 6.27. The number of carboxylic acids is 1. The van der Waals surface area contributed by atoms with Crippen molar-refractivity contribution in [2.75, 3.05) is 5.75 Å². The number of thioether (sulfide) groups is 1. The molecule has 1 heterocycles. The molecule has 0 saturated carbocycles. The number of carboxylic acid groups (broad SMARTS) is 1. The van der Waals surface area contributed by atoms with Crippen LogP contribution in [0.4, 0.5) is 4.79 Å². The molecule has 0 aromatic rings. The third-order valence-corrected chi connectivity index (χ3v) is 1.85. The first-order chi connectivity index (χ1) is 4.20. The molecule has 6 N–H and O–H groups in total. The lowest BCUT2D eigenvalue weighted by Gasteiger charge is -1.98. The van der Waals surface area contributed by atoms with Gasteiger partial charge in [-0.2, -0.15) is 0 Å². The topological polar surface area (TPSA) is 129 Å². The Morgan fingerprint density at radius 1 is 1.64 bits per heavy atom. The standard InChI is InChI=1S/C4H5NO3S.2H2O/c6-3(7)2-1-9-4(8)5-2;;/h2H,1H2,(H,5,8)(H,6,7);2*1H2/t2-;;/m0../s1. The van der Waals surface area contributed by atoms with Crippen molar-refractivity contribution < 1.29 is 25.6 Å². The average molecular weight is 183 g/mol. The lowest BCUT2D eigenvalue weighted by atomic mass is 10.4. The van der Waals surface area contributed by atoms with Crippen molar-refractivity contribution in [3.05, 3.63) is 0 Å². The fraction of sp³-hybridized carbons (Fsp3) is 0.500. The van der Waals surface area contributed by atoms with Crippen LogP contribution in [0.3, 0.4) is 0 Å². The van der Waals surface area contributed by atoms with Gasteiger partial charge in [0.05, 0.1) is 0 Å². The second-order valence-corrected chi connectivity index (χ2v) is 2.63. The van der Waals surface area contributed by atoms with Crippen molar-refractivity contribution >= 4 is 23.0 Å². The van der Waals surface area contributed by atoms with Crippen molar-refractivity contribution in [2.45, 2.75) is 6.04 Å². The first kappa shape index (κ1) is 12.8. The van der Waals surface area contributed by atoms with E-state index in [1.165, 1.54) is 0 Å². The van der Waals surface area contributed by atoms with Crippen LogP contribution in [0, 0.1) is 0 Å². The molecule has 0 spiro atoms. The van der Waals surface area contributed by atoms with Gasteiger partial charge in [-0.1, -0.05) is 11.8 Å². The van der Waals surface area contributed by atoms with Crippen LogP contribution in [0.1, 0.15) is 0 Å². The fourth-order valence-corrected chi connectivity index (χ4v) is 1.29. The molecule has 1 amide bonds. The van der Waals surface area contributed by atoms with Gasteiger partial charge in [0.2, 0.25) is 0 Å². The predicted molar refractivity (Wildman–Crippen MR) is 39.6 cm³/mol. The van der Waals surface area contributed by atoms with Crippen LogP contribution in [-0.2, 0) is 4.79 Å². The van der Waals surface area contributed by atoms with Gasteiger partial charge in [0.1, 0.15) is 6.04 Å². The second kappa shape index (κ2) is 4.94. The number of hydrogen-bond acceptors (Lipinski definition) is 3. The van der Waals surface area contributed by atoms with Gasteiger partial charge in [-0.05, 0) is 0 Å². The van der Waals surface area contributed by atoms with E-state index in [4.69, 9.17) is 5.11 Å². The van der Waals surface area contributed by atoms with Crippen molar-refractivity contribution in [3.8, 4) is 0 Å². The van der Waals surface area contributed by atoms with Crippen LogP contribution in [0.15, 0.2) is 0 Å². The third kappa shape index (κ3) is 3.21. The summed E-state index contributed by atoms with van der Waals surface area (Å²) >= 11 is 1.00. The molecule has 66 valence electrons. The summed E-state index contributed by atoms with van der Waals surface area (Å²) in [7, 11) is 0. The number of carbonyl (C=O) groups excluding carboxylic acids is 1. The maximum atomic E-state index is 10.3. The SMILES string of the molecule is O.O.O=C1N[C@H](C(=O)O)CS1. The number of rotatable bonds is 1. The van der Waals surface area contributed by atoms with Gasteiger partial charge in [0.15, 0.2) is 0 Å². The molecular weight excluding hydrogens is 174 g/mol. The molecule has 1 atom stereocenters.